The average Bonchev–Trinajstić information content (AvgIpc) is 2.51. The fourth-order valence-corrected chi connectivity index (χ4v) is 3.18. The number of nitrogens with one attached hydrogen (secondary N) is 1. The number of rotatable bonds is 5. The molecule has 88 valence electrons. The third-order valence-electron chi connectivity index (χ3n) is 2.52. The van der Waals surface area contributed by atoms with Gasteiger partial charge in [-0.2, -0.15) is 0 Å². The van der Waals surface area contributed by atoms with Gasteiger partial charge in [-0.15, -0.1) is 0 Å². The summed E-state index contributed by atoms with van der Waals surface area (Å²) in [4.78, 5) is 4.55. The highest BCUT2D eigenvalue weighted by Crippen LogP contribution is 2.24. The summed E-state index contributed by atoms with van der Waals surface area (Å²) in [7, 11) is 0. The molecule has 0 radical (unpaired) electrons. The number of hydrogen-bond donors (Lipinski definition) is 1. The number of aliphatic imine (C=N–C) groups is 1. The number of hydrogen-bond acceptors (Lipinski definition) is 3. The Morgan fingerprint density at radius 1 is 1.47 bits per heavy atom. The van der Waals surface area contributed by atoms with Crippen LogP contribution in [0, 0.1) is 5.92 Å². The molecule has 0 bridgehead atoms. The Morgan fingerprint density at radius 3 is 2.80 bits per heavy atom. The maximum absolute atomic E-state index is 4.55. The van der Waals surface area contributed by atoms with E-state index in [9.17, 15) is 0 Å². The first-order valence-electron chi connectivity index (χ1n) is 6.09. The Hall–Kier alpha value is -0.180. The molecule has 0 aromatic heterocycles. The summed E-state index contributed by atoms with van der Waals surface area (Å²) < 4.78 is 0. The summed E-state index contributed by atoms with van der Waals surface area (Å²) in [5.74, 6) is 0.756. The van der Waals surface area contributed by atoms with E-state index < -0.39 is 0 Å². The van der Waals surface area contributed by atoms with Crippen LogP contribution in [0.15, 0.2) is 4.99 Å². The van der Waals surface area contributed by atoms with Gasteiger partial charge in [-0.25, -0.2) is 0 Å². The van der Waals surface area contributed by atoms with Crippen LogP contribution in [0.4, 0.5) is 0 Å². The van der Waals surface area contributed by atoms with Gasteiger partial charge in [0.05, 0.1) is 6.54 Å². The lowest BCUT2D eigenvalue weighted by Gasteiger charge is -2.16. The molecule has 2 atom stereocenters. The van der Waals surface area contributed by atoms with E-state index in [2.05, 4.69) is 38.0 Å². The van der Waals surface area contributed by atoms with Crippen molar-refractivity contribution in [1.29, 1.82) is 0 Å². The SMILES string of the molecule is CCCC1CN=C(NC(C)CC(C)C)S1. The largest absolute Gasteiger partial charge is 0.362 e. The molecule has 0 aromatic rings. The molecule has 0 aliphatic carbocycles. The predicted octanol–water partition coefficient (Wildman–Crippen LogP) is 3.28. The fraction of sp³-hybridized carbons (Fsp3) is 0.917. The zero-order valence-corrected chi connectivity index (χ0v) is 11.2. The van der Waals surface area contributed by atoms with Crippen LogP contribution in [0.25, 0.3) is 0 Å². The van der Waals surface area contributed by atoms with Crippen molar-refractivity contribution in [2.24, 2.45) is 10.9 Å². The third-order valence-corrected chi connectivity index (χ3v) is 3.71. The van der Waals surface area contributed by atoms with Crippen molar-refractivity contribution in [2.75, 3.05) is 6.54 Å². The van der Waals surface area contributed by atoms with E-state index in [1.807, 2.05) is 11.8 Å². The Balaban J connectivity index is 2.23. The van der Waals surface area contributed by atoms with Gasteiger partial charge in [0.2, 0.25) is 0 Å². The Labute approximate surface area is 98.3 Å². The molecule has 1 rings (SSSR count). The molecule has 1 N–H and O–H groups in total. The minimum absolute atomic E-state index is 0.552. The van der Waals surface area contributed by atoms with Crippen LogP contribution in [0.5, 0.6) is 0 Å². The second-order valence-corrected chi connectivity index (χ2v) is 6.14. The first-order chi connectivity index (χ1) is 7.11. The third kappa shape index (κ3) is 4.92. The van der Waals surface area contributed by atoms with Crippen LogP contribution in [0.3, 0.4) is 0 Å². The van der Waals surface area contributed by atoms with E-state index in [0.717, 1.165) is 17.7 Å². The van der Waals surface area contributed by atoms with Gasteiger partial charge in [-0.05, 0) is 25.7 Å². The second kappa shape index (κ2) is 6.41. The molecule has 1 heterocycles. The minimum atomic E-state index is 0.552. The van der Waals surface area contributed by atoms with Gasteiger partial charge in [-0.1, -0.05) is 39.0 Å². The minimum Gasteiger partial charge on any atom is -0.362 e. The lowest BCUT2D eigenvalue weighted by molar-refractivity contribution is 0.492. The lowest BCUT2D eigenvalue weighted by Crippen LogP contribution is -2.31. The summed E-state index contributed by atoms with van der Waals surface area (Å²) in [5, 5.41) is 5.41. The van der Waals surface area contributed by atoms with Crippen molar-refractivity contribution in [3.05, 3.63) is 0 Å². The van der Waals surface area contributed by atoms with Crippen LogP contribution in [-0.2, 0) is 0 Å². The maximum atomic E-state index is 4.55. The van der Waals surface area contributed by atoms with Crippen molar-refractivity contribution in [2.45, 2.75) is 58.2 Å². The smallest absolute Gasteiger partial charge is 0.157 e. The van der Waals surface area contributed by atoms with Gasteiger partial charge in [0.25, 0.3) is 0 Å². The molecule has 0 amide bonds. The van der Waals surface area contributed by atoms with Crippen molar-refractivity contribution in [3.8, 4) is 0 Å². The number of amidine groups is 1. The van der Waals surface area contributed by atoms with Gasteiger partial charge in [0, 0.05) is 11.3 Å². The molecule has 15 heavy (non-hydrogen) atoms. The lowest BCUT2D eigenvalue weighted by atomic mass is 10.1. The summed E-state index contributed by atoms with van der Waals surface area (Å²) >= 11 is 1.93. The molecule has 3 heteroatoms. The van der Waals surface area contributed by atoms with E-state index in [4.69, 9.17) is 0 Å². The molecule has 0 saturated carbocycles. The molecule has 2 unspecified atom stereocenters. The van der Waals surface area contributed by atoms with Crippen LogP contribution in [-0.4, -0.2) is 23.0 Å². The van der Waals surface area contributed by atoms with E-state index in [1.165, 1.54) is 24.4 Å². The van der Waals surface area contributed by atoms with E-state index >= 15 is 0 Å². The molecule has 0 fully saturated rings. The first kappa shape index (κ1) is 12.9. The molecule has 0 spiro atoms. The quantitative estimate of drug-likeness (QED) is 0.781. The van der Waals surface area contributed by atoms with Crippen molar-refractivity contribution in [1.82, 2.24) is 5.32 Å². The molecule has 2 nitrogen and oxygen atoms in total. The standard InChI is InChI=1S/C12H24N2S/c1-5-6-11-8-13-12(15-11)14-10(4)7-9(2)3/h9-11H,5-8H2,1-4H3,(H,13,14). The van der Waals surface area contributed by atoms with Gasteiger partial charge in [-0.3, -0.25) is 4.99 Å². The molecule has 1 aliphatic rings. The zero-order valence-electron chi connectivity index (χ0n) is 10.4. The van der Waals surface area contributed by atoms with E-state index in [0.29, 0.717) is 6.04 Å². The number of nitrogens with zero attached hydrogens (tertiary/aromatic N) is 1. The average molecular weight is 228 g/mol. The van der Waals surface area contributed by atoms with Gasteiger partial charge in [0.15, 0.2) is 5.17 Å². The maximum Gasteiger partial charge on any atom is 0.157 e. The summed E-state index contributed by atoms with van der Waals surface area (Å²) in [6.07, 6.45) is 3.78. The molecule has 0 aromatic carbocycles. The van der Waals surface area contributed by atoms with Crippen molar-refractivity contribution in [3.63, 3.8) is 0 Å². The van der Waals surface area contributed by atoms with Crippen molar-refractivity contribution >= 4 is 16.9 Å². The van der Waals surface area contributed by atoms with Crippen LogP contribution in [0.1, 0.15) is 47.0 Å². The number of thioether (sulfide) groups is 1. The Morgan fingerprint density at radius 2 is 2.20 bits per heavy atom. The zero-order chi connectivity index (χ0) is 11.3. The summed E-state index contributed by atoms with van der Waals surface area (Å²) in [6, 6.07) is 0.552. The normalized spacial score (nSPS) is 23.0. The van der Waals surface area contributed by atoms with E-state index in [1.54, 1.807) is 0 Å². The predicted molar refractivity (Wildman–Crippen MR) is 70.6 cm³/mol. The topological polar surface area (TPSA) is 24.4 Å². The van der Waals surface area contributed by atoms with E-state index in [-0.39, 0.29) is 0 Å². The van der Waals surface area contributed by atoms with Gasteiger partial charge in [0.1, 0.15) is 0 Å². The van der Waals surface area contributed by atoms with Crippen LogP contribution < -0.4 is 5.32 Å². The molecular weight excluding hydrogens is 204 g/mol. The molecule has 0 saturated heterocycles. The highest BCUT2D eigenvalue weighted by molar-refractivity contribution is 8.14. The monoisotopic (exact) mass is 228 g/mol. The highest BCUT2D eigenvalue weighted by atomic mass is 32.2. The summed E-state index contributed by atoms with van der Waals surface area (Å²) in [5.41, 5.74) is 0. The molecule has 1 aliphatic heterocycles. The van der Waals surface area contributed by atoms with Gasteiger partial charge < -0.3 is 5.32 Å². The van der Waals surface area contributed by atoms with Crippen molar-refractivity contribution < 1.29 is 0 Å². The molecular formula is C12H24N2S. The Bertz CT molecular complexity index is 214. The second-order valence-electron chi connectivity index (χ2n) is 4.85. The van der Waals surface area contributed by atoms with Crippen LogP contribution in [0.2, 0.25) is 0 Å². The highest BCUT2D eigenvalue weighted by Gasteiger charge is 2.19. The fourth-order valence-electron chi connectivity index (χ4n) is 1.95. The summed E-state index contributed by atoms with van der Waals surface area (Å²) in [6.45, 7) is 10.0. The Kier molecular flexibility index (Phi) is 5.51. The first-order valence-corrected chi connectivity index (χ1v) is 6.97. The van der Waals surface area contributed by atoms with Gasteiger partial charge >= 0.3 is 0 Å². The van der Waals surface area contributed by atoms with Crippen LogP contribution >= 0.6 is 11.8 Å².